The molecule has 136 valence electrons. The second-order valence-corrected chi connectivity index (χ2v) is 7.30. The fourth-order valence-corrected chi connectivity index (χ4v) is 4.32. The highest BCUT2D eigenvalue weighted by atomic mass is 32.1. The van der Waals surface area contributed by atoms with Gasteiger partial charge in [-0.25, -0.2) is 9.78 Å². The topological polar surface area (TPSA) is 72.2 Å². The Hall–Kier alpha value is -2.99. The van der Waals surface area contributed by atoms with Crippen molar-refractivity contribution in [3.63, 3.8) is 0 Å². The van der Waals surface area contributed by atoms with Gasteiger partial charge in [-0.15, -0.1) is 11.3 Å². The molecular formula is C21H18N2O3S. The maximum absolute atomic E-state index is 13.2. The van der Waals surface area contributed by atoms with Crippen LogP contribution in [-0.4, -0.2) is 20.6 Å². The van der Waals surface area contributed by atoms with Crippen LogP contribution in [0.25, 0.3) is 21.0 Å². The predicted octanol–water partition coefficient (Wildman–Crippen LogP) is 4.31. The highest BCUT2D eigenvalue weighted by Gasteiger charge is 2.19. The zero-order valence-electron chi connectivity index (χ0n) is 14.8. The highest BCUT2D eigenvalue weighted by molar-refractivity contribution is 7.17. The van der Waals surface area contributed by atoms with Crippen molar-refractivity contribution >= 4 is 38.3 Å². The fraction of sp³-hybridized carbons (Fsp3) is 0.190. The summed E-state index contributed by atoms with van der Waals surface area (Å²) in [6.45, 7) is 2.41. The summed E-state index contributed by atoms with van der Waals surface area (Å²) in [4.78, 5) is 29.8. The van der Waals surface area contributed by atoms with Gasteiger partial charge in [0.05, 0.1) is 17.5 Å². The normalized spacial score (nSPS) is 11.3. The van der Waals surface area contributed by atoms with E-state index in [1.165, 1.54) is 16.7 Å². The van der Waals surface area contributed by atoms with Crippen LogP contribution in [0.2, 0.25) is 0 Å². The molecule has 5 nitrogen and oxygen atoms in total. The van der Waals surface area contributed by atoms with Crippen LogP contribution in [0.3, 0.4) is 0 Å². The third-order valence-corrected chi connectivity index (χ3v) is 5.56. The molecule has 2 heterocycles. The van der Waals surface area contributed by atoms with Crippen molar-refractivity contribution in [2.24, 2.45) is 0 Å². The molecule has 4 rings (SSSR count). The van der Waals surface area contributed by atoms with Gasteiger partial charge in [0.15, 0.2) is 0 Å². The number of aromatic carboxylic acids is 1. The molecule has 0 bridgehead atoms. The van der Waals surface area contributed by atoms with Crippen LogP contribution >= 0.6 is 11.3 Å². The minimum Gasteiger partial charge on any atom is -0.478 e. The molecule has 0 amide bonds. The summed E-state index contributed by atoms with van der Waals surface area (Å²) in [6, 6.07) is 14.1. The Morgan fingerprint density at radius 1 is 1.19 bits per heavy atom. The maximum atomic E-state index is 13.2. The number of thiophene rings is 1. The second kappa shape index (κ2) is 6.96. The van der Waals surface area contributed by atoms with E-state index < -0.39 is 5.97 Å². The number of carboxylic acid groups (broad SMARTS) is 1. The minimum atomic E-state index is -1.10. The summed E-state index contributed by atoms with van der Waals surface area (Å²) >= 11 is 1.21. The lowest BCUT2D eigenvalue weighted by molar-refractivity contribution is 0.0699. The average Bonchev–Trinajstić information content (AvgIpc) is 3.09. The molecule has 1 N–H and O–H groups in total. The number of benzene rings is 2. The summed E-state index contributed by atoms with van der Waals surface area (Å²) in [5, 5.41) is 13.3. The number of rotatable bonds is 5. The quantitative estimate of drug-likeness (QED) is 0.562. The van der Waals surface area contributed by atoms with Crippen LogP contribution in [0.1, 0.15) is 35.1 Å². The third-order valence-electron chi connectivity index (χ3n) is 4.69. The van der Waals surface area contributed by atoms with Gasteiger partial charge in [0.25, 0.3) is 5.56 Å². The summed E-state index contributed by atoms with van der Waals surface area (Å²) in [7, 11) is 0. The highest BCUT2D eigenvalue weighted by Crippen LogP contribution is 2.24. The number of carboxylic acids is 1. The largest absolute Gasteiger partial charge is 0.478 e. The number of aryl methyl sites for hydroxylation is 1. The number of fused-ring (bicyclic) bond motifs is 2. The first kappa shape index (κ1) is 17.4. The molecule has 0 radical (unpaired) electrons. The van der Waals surface area contributed by atoms with Gasteiger partial charge in [-0.05, 0) is 22.8 Å². The van der Waals surface area contributed by atoms with Crippen LogP contribution < -0.4 is 5.56 Å². The molecule has 2 aromatic carbocycles. The van der Waals surface area contributed by atoms with Crippen molar-refractivity contribution in [1.29, 1.82) is 0 Å². The Morgan fingerprint density at radius 3 is 2.74 bits per heavy atom. The summed E-state index contributed by atoms with van der Waals surface area (Å²) in [6.07, 6.45) is 1.51. The van der Waals surface area contributed by atoms with Crippen LogP contribution in [0, 0.1) is 0 Å². The van der Waals surface area contributed by atoms with Crippen LogP contribution in [0.5, 0.6) is 0 Å². The number of hydrogen-bond acceptors (Lipinski definition) is 4. The van der Waals surface area contributed by atoms with Crippen molar-refractivity contribution in [3.8, 4) is 0 Å². The molecular weight excluding hydrogens is 360 g/mol. The van der Waals surface area contributed by atoms with Crippen molar-refractivity contribution in [2.75, 3.05) is 0 Å². The molecule has 2 aromatic heterocycles. The maximum Gasteiger partial charge on any atom is 0.337 e. The second-order valence-electron chi connectivity index (χ2n) is 6.44. The van der Waals surface area contributed by atoms with E-state index in [2.05, 4.69) is 4.98 Å². The molecule has 0 fully saturated rings. The fourth-order valence-electron chi connectivity index (χ4n) is 3.40. The van der Waals surface area contributed by atoms with Gasteiger partial charge in [0.2, 0.25) is 0 Å². The van der Waals surface area contributed by atoms with E-state index in [9.17, 15) is 14.7 Å². The lowest BCUT2D eigenvalue weighted by Gasteiger charge is -2.14. The Labute approximate surface area is 159 Å². The van der Waals surface area contributed by atoms with E-state index in [0.29, 0.717) is 23.6 Å². The number of nitrogens with zero attached hydrogens (tertiary/aromatic N) is 2. The minimum absolute atomic E-state index is 0.0298. The van der Waals surface area contributed by atoms with E-state index in [-0.39, 0.29) is 16.5 Å². The van der Waals surface area contributed by atoms with Crippen molar-refractivity contribution < 1.29 is 9.90 Å². The van der Waals surface area contributed by atoms with Gasteiger partial charge in [-0.2, -0.15) is 0 Å². The number of carbonyl (C=O) groups is 1. The van der Waals surface area contributed by atoms with Gasteiger partial charge in [0, 0.05) is 11.8 Å². The summed E-state index contributed by atoms with van der Waals surface area (Å²) in [5.41, 5.74) is 0.762. The van der Waals surface area contributed by atoms with E-state index in [0.717, 1.165) is 22.8 Å². The number of hydrogen-bond donors (Lipinski definition) is 1. The Bertz CT molecular complexity index is 1220. The van der Waals surface area contributed by atoms with Gasteiger partial charge in [-0.3, -0.25) is 9.36 Å². The zero-order valence-corrected chi connectivity index (χ0v) is 15.6. The molecule has 4 aromatic rings. The first-order chi connectivity index (χ1) is 13.1. The molecule has 0 aliphatic heterocycles. The van der Waals surface area contributed by atoms with Crippen LogP contribution in [0.15, 0.2) is 52.6 Å². The lowest BCUT2D eigenvalue weighted by atomic mass is 10.0. The van der Waals surface area contributed by atoms with E-state index >= 15 is 0 Å². The predicted molar refractivity (Wildman–Crippen MR) is 108 cm³/mol. The van der Waals surface area contributed by atoms with E-state index in [1.807, 2.05) is 49.4 Å². The molecule has 0 unspecified atom stereocenters. The first-order valence-electron chi connectivity index (χ1n) is 8.81. The SMILES string of the molecule is CCCc1nc2scc(C(=O)O)c2c(=O)n1Cc1cccc2ccccc12. The Morgan fingerprint density at radius 2 is 1.96 bits per heavy atom. The molecule has 0 aliphatic rings. The van der Waals surface area contributed by atoms with Crippen molar-refractivity contribution in [3.05, 3.63) is 75.1 Å². The molecule has 0 saturated carbocycles. The Balaban J connectivity index is 1.95. The molecule has 0 atom stereocenters. The monoisotopic (exact) mass is 378 g/mol. The van der Waals surface area contributed by atoms with E-state index in [4.69, 9.17) is 0 Å². The van der Waals surface area contributed by atoms with Gasteiger partial charge < -0.3 is 5.11 Å². The first-order valence-corrected chi connectivity index (χ1v) is 9.69. The smallest absolute Gasteiger partial charge is 0.337 e. The van der Waals surface area contributed by atoms with Gasteiger partial charge in [-0.1, -0.05) is 49.4 Å². The van der Waals surface area contributed by atoms with Crippen LogP contribution in [-0.2, 0) is 13.0 Å². The van der Waals surface area contributed by atoms with Crippen molar-refractivity contribution in [1.82, 2.24) is 9.55 Å². The van der Waals surface area contributed by atoms with Gasteiger partial charge in [0.1, 0.15) is 10.7 Å². The average molecular weight is 378 g/mol. The van der Waals surface area contributed by atoms with E-state index in [1.54, 1.807) is 4.57 Å². The molecule has 6 heteroatoms. The standard InChI is InChI=1S/C21H18N2O3S/c1-2-6-17-22-19-18(16(12-27-19)21(25)26)20(24)23(17)11-14-9-5-8-13-7-3-4-10-15(13)14/h3-5,7-10,12H,2,6,11H2,1H3,(H,25,26). The number of aromatic nitrogens is 2. The molecule has 0 saturated heterocycles. The molecule has 0 spiro atoms. The van der Waals surface area contributed by atoms with Crippen LogP contribution in [0.4, 0.5) is 0 Å². The molecule has 27 heavy (non-hydrogen) atoms. The van der Waals surface area contributed by atoms with Crippen molar-refractivity contribution in [2.45, 2.75) is 26.3 Å². The van der Waals surface area contributed by atoms with Gasteiger partial charge >= 0.3 is 5.97 Å². The molecule has 0 aliphatic carbocycles. The zero-order chi connectivity index (χ0) is 19.0. The lowest BCUT2D eigenvalue weighted by Crippen LogP contribution is -2.26. The summed E-state index contributed by atoms with van der Waals surface area (Å²) < 4.78 is 1.63. The third kappa shape index (κ3) is 3.02. The summed E-state index contributed by atoms with van der Waals surface area (Å²) in [5.74, 6) is -0.401. The Kier molecular flexibility index (Phi) is 4.49.